The van der Waals surface area contributed by atoms with E-state index < -0.39 is 11.1 Å². The number of phenolic OH excluding ortho intramolecular Hbond substituents is 1. The number of nitrogens with one attached hydrogen (secondary N) is 3. The Morgan fingerprint density at radius 2 is 2.06 bits per heavy atom. The monoisotopic (exact) mass is 420 g/mol. The van der Waals surface area contributed by atoms with Gasteiger partial charge in [-0.3, -0.25) is 15.1 Å². The first-order chi connectivity index (χ1) is 14.6. The third-order valence-electron chi connectivity index (χ3n) is 5.91. The molecule has 0 radical (unpaired) electrons. The molecule has 9 heteroatoms. The first kappa shape index (κ1) is 20.6. The first-order valence-corrected chi connectivity index (χ1v) is 9.99. The van der Waals surface area contributed by atoms with Crippen LogP contribution < -0.4 is 10.6 Å². The fourth-order valence-corrected chi connectivity index (χ4v) is 4.34. The number of aliphatic hydroxyl groups is 1. The molecule has 0 unspecified atom stereocenters. The average Bonchev–Trinajstić information content (AvgIpc) is 2.68. The molecule has 9 nitrogen and oxygen atoms in total. The zero-order valence-electron chi connectivity index (χ0n) is 17.3. The Hall–Kier alpha value is -3.64. The Kier molecular flexibility index (Phi) is 4.82. The number of hydrogen-bond donors (Lipinski definition) is 5. The van der Waals surface area contributed by atoms with Crippen LogP contribution in [0, 0.1) is 16.7 Å². The van der Waals surface area contributed by atoms with Gasteiger partial charge < -0.3 is 20.8 Å². The highest BCUT2D eigenvalue weighted by atomic mass is 16.3. The maximum Gasteiger partial charge on any atom is 0.232 e. The van der Waals surface area contributed by atoms with Gasteiger partial charge in [0.25, 0.3) is 0 Å². The Morgan fingerprint density at radius 1 is 1.32 bits per heavy atom. The summed E-state index contributed by atoms with van der Waals surface area (Å²) >= 11 is 0. The van der Waals surface area contributed by atoms with Crippen molar-refractivity contribution in [2.75, 3.05) is 5.32 Å². The lowest BCUT2D eigenvalue weighted by Gasteiger charge is -2.50. The molecule has 0 spiro atoms. The average molecular weight is 420 g/mol. The number of phenols is 1. The quantitative estimate of drug-likeness (QED) is 0.477. The molecule has 4 rings (SSSR count). The fraction of sp³-hybridized carbons (Fsp3) is 0.364. The fourth-order valence-electron chi connectivity index (χ4n) is 4.34. The molecule has 1 saturated heterocycles. The second kappa shape index (κ2) is 7.25. The number of hydrogen-bond acceptors (Lipinski definition) is 7. The van der Waals surface area contributed by atoms with Crippen LogP contribution >= 0.6 is 0 Å². The van der Waals surface area contributed by atoms with E-state index in [9.17, 15) is 15.0 Å². The molecule has 1 amide bonds. The number of para-hydroxylation sites is 1. The van der Waals surface area contributed by atoms with Gasteiger partial charge in [0, 0.05) is 11.6 Å². The Labute approximate surface area is 179 Å². The Balaban J connectivity index is 1.56. The third-order valence-corrected chi connectivity index (χ3v) is 5.91. The number of benzene rings is 1. The number of rotatable bonds is 4. The van der Waals surface area contributed by atoms with Crippen molar-refractivity contribution in [2.45, 2.75) is 50.3 Å². The maximum absolute atomic E-state index is 12.9. The van der Waals surface area contributed by atoms with Crippen LogP contribution in [0.25, 0.3) is 0 Å². The van der Waals surface area contributed by atoms with E-state index in [0.717, 1.165) is 0 Å². The van der Waals surface area contributed by atoms with E-state index in [1.54, 1.807) is 44.2 Å². The number of pyridine rings is 1. The number of nitriles is 1. The normalized spacial score (nSPS) is 27.8. The second-order valence-electron chi connectivity index (χ2n) is 8.68. The van der Waals surface area contributed by atoms with Gasteiger partial charge in [0.15, 0.2) is 5.96 Å². The number of carbonyl (C=O) groups is 1. The summed E-state index contributed by atoms with van der Waals surface area (Å²) in [6.07, 6.45) is 2.42. The Morgan fingerprint density at radius 3 is 2.65 bits per heavy atom. The summed E-state index contributed by atoms with van der Waals surface area (Å²) in [4.78, 5) is 18.3. The van der Waals surface area contributed by atoms with Gasteiger partial charge in [-0.2, -0.15) is 5.26 Å². The summed E-state index contributed by atoms with van der Waals surface area (Å²) in [6.45, 7) is 3.49. The summed E-state index contributed by atoms with van der Waals surface area (Å²) < 4.78 is 0. The molecule has 1 saturated carbocycles. The van der Waals surface area contributed by atoms with Crippen molar-refractivity contribution in [1.29, 1.82) is 10.7 Å². The molecular weight excluding hydrogens is 396 g/mol. The van der Waals surface area contributed by atoms with Crippen molar-refractivity contribution < 1.29 is 15.0 Å². The lowest BCUT2D eigenvalue weighted by molar-refractivity contribution is -0.140. The number of aromatic hydroxyl groups is 1. The highest BCUT2D eigenvalue weighted by molar-refractivity contribution is 6.00. The van der Waals surface area contributed by atoms with Crippen LogP contribution in [0.4, 0.5) is 11.4 Å². The van der Waals surface area contributed by atoms with E-state index in [1.807, 2.05) is 6.07 Å². The molecule has 1 atom stereocenters. The third kappa shape index (κ3) is 3.78. The van der Waals surface area contributed by atoms with Crippen molar-refractivity contribution in [2.24, 2.45) is 0 Å². The van der Waals surface area contributed by atoms with Crippen LogP contribution in [0.1, 0.15) is 44.4 Å². The topological polar surface area (TPSA) is 145 Å². The molecule has 31 heavy (non-hydrogen) atoms. The van der Waals surface area contributed by atoms with Crippen LogP contribution in [0.5, 0.6) is 5.75 Å². The summed E-state index contributed by atoms with van der Waals surface area (Å²) in [7, 11) is 0. The smallest absolute Gasteiger partial charge is 0.232 e. The molecule has 0 bridgehead atoms. The van der Waals surface area contributed by atoms with Gasteiger partial charge >= 0.3 is 0 Å². The zero-order valence-corrected chi connectivity index (χ0v) is 17.3. The molecular formula is C22H24N6O3. The van der Waals surface area contributed by atoms with E-state index in [0.29, 0.717) is 29.8 Å². The van der Waals surface area contributed by atoms with Gasteiger partial charge in [-0.25, -0.2) is 4.98 Å². The molecule has 2 aliphatic rings. The molecule has 2 heterocycles. The van der Waals surface area contributed by atoms with E-state index in [4.69, 9.17) is 10.7 Å². The van der Waals surface area contributed by atoms with Gasteiger partial charge in [0.1, 0.15) is 17.5 Å². The van der Waals surface area contributed by atoms with Crippen molar-refractivity contribution in [3.8, 4) is 11.8 Å². The van der Waals surface area contributed by atoms with Crippen LogP contribution in [0.15, 0.2) is 36.5 Å². The van der Waals surface area contributed by atoms with Crippen molar-refractivity contribution >= 4 is 23.2 Å². The predicted molar refractivity (Wildman–Crippen MR) is 114 cm³/mol. The molecule has 2 aromatic rings. The molecule has 1 aliphatic heterocycles. The summed E-state index contributed by atoms with van der Waals surface area (Å²) in [5, 5.41) is 44.4. The van der Waals surface area contributed by atoms with E-state index in [2.05, 4.69) is 15.6 Å². The molecule has 1 aromatic carbocycles. The number of aromatic nitrogens is 1. The van der Waals surface area contributed by atoms with Crippen molar-refractivity contribution in [3.05, 3.63) is 47.8 Å². The molecule has 5 N–H and O–H groups in total. The summed E-state index contributed by atoms with van der Waals surface area (Å²) in [6, 6.07) is 10.2. The van der Waals surface area contributed by atoms with Crippen LogP contribution in [-0.4, -0.2) is 43.6 Å². The predicted octanol–water partition coefficient (Wildman–Crippen LogP) is 2.29. The number of amides is 1. The lowest BCUT2D eigenvalue weighted by atomic mass is 9.75. The lowest BCUT2D eigenvalue weighted by Crippen LogP contribution is -2.66. The summed E-state index contributed by atoms with van der Waals surface area (Å²) in [5.74, 6) is -0.295. The number of anilines is 2. The van der Waals surface area contributed by atoms with Gasteiger partial charge in [0.05, 0.1) is 35.1 Å². The minimum atomic E-state index is -0.971. The van der Waals surface area contributed by atoms with Crippen LogP contribution in [-0.2, 0) is 10.3 Å². The van der Waals surface area contributed by atoms with Gasteiger partial charge in [-0.1, -0.05) is 12.1 Å². The first-order valence-electron chi connectivity index (χ1n) is 9.99. The molecule has 1 aliphatic carbocycles. The molecule has 1 aromatic heterocycles. The number of nitrogens with zero attached hydrogens (tertiary/aromatic N) is 3. The molecule has 160 valence electrons. The SMILES string of the molecule is C[C@@]1(c2cccc(Nc3ccc(C#N)nc3)c2O)CC(=O)N([C@H]2C[C@@](C)(O)C2)C(=N)N1. The zero-order chi connectivity index (χ0) is 22.4. The molecule has 2 fully saturated rings. The van der Waals surface area contributed by atoms with Gasteiger partial charge in [-0.15, -0.1) is 0 Å². The van der Waals surface area contributed by atoms with E-state index >= 15 is 0 Å². The highest BCUT2D eigenvalue weighted by Gasteiger charge is 2.49. The Bertz CT molecular complexity index is 1060. The van der Waals surface area contributed by atoms with Crippen LogP contribution in [0.2, 0.25) is 0 Å². The highest BCUT2D eigenvalue weighted by Crippen LogP contribution is 2.42. The van der Waals surface area contributed by atoms with Crippen molar-refractivity contribution in [1.82, 2.24) is 15.2 Å². The van der Waals surface area contributed by atoms with E-state index in [-0.39, 0.29) is 35.8 Å². The number of carbonyl (C=O) groups excluding carboxylic acids is 1. The second-order valence-corrected chi connectivity index (χ2v) is 8.68. The maximum atomic E-state index is 12.9. The minimum Gasteiger partial charge on any atom is -0.505 e. The van der Waals surface area contributed by atoms with Gasteiger partial charge in [0.2, 0.25) is 5.91 Å². The number of guanidine groups is 1. The summed E-state index contributed by atoms with van der Waals surface area (Å²) in [5.41, 5.74) is 0.0183. The largest absolute Gasteiger partial charge is 0.505 e. The van der Waals surface area contributed by atoms with Crippen LogP contribution in [0.3, 0.4) is 0 Å². The standard InChI is InChI=1S/C22H24N6O3/c1-21(31)8-15(9-21)28-18(29)10-22(2,27-20(28)24)16-4-3-5-17(19(16)30)26-14-7-6-13(11-23)25-12-14/h3-7,12,15,26,30-31H,8-10H2,1-2H3,(H2,24,27)/t15-,21+,22-/m0/s1. The van der Waals surface area contributed by atoms with Gasteiger partial charge in [-0.05, 0) is 44.9 Å². The van der Waals surface area contributed by atoms with Crippen molar-refractivity contribution in [3.63, 3.8) is 0 Å². The minimum absolute atomic E-state index is 0.0340. The van der Waals surface area contributed by atoms with E-state index in [1.165, 1.54) is 11.1 Å².